The lowest BCUT2D eigenvalue weighted by atomic mass is 10.4. The first-order valence-electron chi connectivity index (χ1n) is 3.67. The van der Waals surface area contributed by atoms with Crippen LogP contribution in [0.3, 0.4) is 0 Å². The first-order chi connectivity index (χ1) is 6.15. The van der Waals surface area contributed by atoms with Crippen LogP contribution in [0.1, 0.15) is 0 Å². The Morgan fingerprint density at radius 2 is 2.38 bits per heavy atom. The average Bonchev–Trinajstić information content (AvgIpc) is 2.13. The van der Waals surface area contributed by atoms with Crippen molar-refractivity contribution in [3.05, 3.63) is 28.7 Å². The standard InChI is InChI=1S/C8H10N2O3/c1-13-7(11)5-10-4-2-3-6(9)8(10)12/h2-4H,5,9H2,1H3. The van der Waals surface area contributed by atoms with E-state index in [-0.39, 0.29) is 17.8 Å². The molecule has 2 N–H and O–H groups in total. The van der Waals surface area contributed by atoms with E-state index in [2.05, 4.69) is 4.74 Å². The topological polar surface area (TPSA) is 74.3 Å². The molecule has 0 spiro atoms. The van der Waals surface area contributed by atoms with Crippen molar-refractivity contribution in [2.24, 2.45) is 0 Å². The number of carbonyl (C=O) groups excluding carboxylic acids is 1. The Kier molecular flexibility index (Phi) is 2.69. The van der Waals surface area contributed by atoms with E-state index in [4.69, 9.17) is 5.73 Å². The van der Waals surface area contributed by atoms with Gasteiger partial charge in [-0.3, -0.25) is 9.59 Å². The van der Waals surface area contributed by atoms with E-state index < -0.39 is 5.97 Å². The maximum Gasteiger partial charge on any atom is 0.325 e. The van der Waals surface area contributed by atoms with E-state index in [0.717, 1.165) is 0 Å². The van der Waals surface area contributed by atoms with Crippen LogP contribution in [-0.2, 0) is 16.1 Å². The van der Waals surface area contributed by atoms with Crippen molar-refractivity contribution < 1.29 is 9.53 Å². The second-order valence-electron chi connectivity index (χ2n) is 2.47. The van der Waals surface area contributed by atoms with Crippen LogP contribution in [0, 0.1) is 0 Å². The molecule has 13 heavy (non-hydrogen) atoms. The average molecular weight is 182 g/mol. The molecule has 5 nitrogen and oxygen atoms in total. The van der Waals surface area contributed by atoms with Gasteiger partial charge < -0.3 is 15.0 Å². The van der Waals surface area contributed by atoms with Gasteiger partial charge in [-0.2, -0.15) is 0 Å². The molecule has 0 aliphatic rings. The monoisotopic (exact) mass is 182 g/mol. The summed E-state index contributed by atoms with van der Waals surface area (Å²) in [6.07, 6.45) is 1.48. The van der Waals surface area contributed by atoms with E-state index in [1.807, 2.05) is 0 Å². The number of hydrogen-bond donors (Lipinski definition) is 1. The van der Waals surface area contributed by atoms with Crippen LogP contribution >= 0.6 is 0 Å². The first-order valence-corrected chi connectivity index (χ1v) is 3.67. The summed E-state index contributed by atoms with van der Waals surface area (Å²) in [5, 5.41) is 0. The highest BCUT2D eigenvalue weighted by molar-refractivity contribution is 5.69. The maximum absolute atomic E-state index is 11.3. The van der Waals surface area contributed by atoms with Crippen molar-refractivity contribution in [2.75, 3.05) is 12.8 Å². The van der Waals surface area contributed by atoms with Gasteiger partial charge in [0.25, 0.3) is 5.56 Å². The van der Waals surface area contributed by atoms with Crippen LogP contribution in [0.25, 0.3) is 0 Å². The van der Waals surface area contributed by atoms with Gasteiger partial charge in [0.05, 0.1) is 12.8 Å². The van der Waals surface area contributed by atoms with Gasteiger partial charge >= 0.3 is 5.97 Å². The lowest BCUT2D eigenvalue weighted by Crippen LogP contribution is -2.25. The number of hydrogen-bond acceptors (Lipinski definition) is 4. The van der Waals surface area contributed by atoms with Crippen molar-refractivity contribution in [3.8, 4) is 0 Å². The number of rotatable bonds is 2. The van der Waals surface area contributed by atoms with Crippen LogP contribution in [-0.4, -0.2) is 17.6 Å². The molecule has 0 aromatic carbocycles. The third-order valence-corrected chi connectivity index (χ3v) is 1.58. The lowest BCUT2D eigenvalue weighted by Gasteiger charge is -2.03. The van der Waals surface area contributed by atoms with Crippen molar-refractivity contribution in [3.63, 3.8) is 0 Å². The second-order valence-corrected chi connectivity index (χ2v) is 2.47. The molecule has 0 fully saturated rings. The molecule has 5 heteroatoms. The third-order valence-electron chi connectivity index (χ3n) is 1.58. The summed E-state index contributed by atoms with van der Waals surface area (Å²) >= 11 is 0. The normalized spacial score (nSPS) is 9.62. The predicted octanol–water partition coefficient (Wildman–Crippen LogP) is -0.396. The molecule has 1 aromatic rings. The Hall–Kier alpha value is -1.78. The quantitative estimate of drug-likeness (QED) is 0.632. The van der Waals surface area contributed by atoms with Gasteiger partial charge in [0.1, 0.15) is 6.54 Å². The first kappa shape index (κ1) is 9.31. The van der Waals surface area contributed by atoms with Gasteiger partial charge in [-0.25, -0.2) is 0 Å². The smallest absolute Gasteiger partial charge is 0.325 e. The predicted molar refractivity (Wildman–Crippen MR) is 47.1 cm³/mol. The number of carbonyl (C=O) groups is 1. The minimum atomic E-state index is -0.479. The molecule has 1 heterocycles. The molecule has 0 saturated heterocycles. The van der Waals surface area contributed by atoms with Gasteiger partial charge in [0.15, 0.2) is 0 Å². The highest BCUT2D eigenvalue weighted by Gasteiger charge is 2.04. The van der Waals surface area contributed by atoms with Gasteiger partial charge in [0.2, 0.25) is 0 Å². The SMILES string of the molecule is COC(=O)Cn1cccc(N)c1=O. The number of pyridine rings is 1. The third kappa shape index (κ3) is 2.08. The van der Waals surface area contributed by atoms with E-state index in [9.17, 15) is 9.59 Å². The minimum Gasteiger partial charge on any atom is -0.468 e. The highest BCUT2D eigenvalue weighted by atomic mass is 16.5. The zero-order chi connectivity index (χ0) is 9.84. The van der Waals surface area contributed by atoms with Gasteiger partial charge in [-0.1, -0.05) is 0 Å². The summed E-state index contributed by atoms with van der Waals surface area (Å²) in [4.78, 5) is 22.1. The van der Waals surface area contributed by atoms with Crippen molar-refractivity contribution in [2.45, 2.75) is 6.54 Å². The number of anilines is 1. The fraction of sp³-hybridized carbons (Fsp3) is 0.250. The Morgan fingerprint density at radius 1 is 1.69 bits per heavy atom. The summed E-state index contributed by atoms with van der Waals surface area (Å²) in [5.41, 5.74) is 5.09. The Labute approximate surface area is 74.7 Å². The van der Waals surface area contributed by atoms with E-state index in [1.54, 1.807) is 6.07 Å². The second kappa shape index (κ2) is 3.75. The number of nitrogens with two attached hydrogens (primary N) is 1. The van der Waals surface area contributed by atoms with E-state index in [1.165, 1.54) is 23.9 Å². The highest BCUT2D eigenvalue weighted by Crippen LogP contribution is 1.92. The van der Waals surface area contributed by atoms with Crippen LogP contribution < -0.4 is 11.3 Å². The van der Waals surface area contributed by atoms with Crippen LogP contribution in [0.5, 0.6) is 0 Å². The molecule has 0 radical (unpaired) electrons. The molecule has 0 bridgehead atoms. The number of esters is 1. The largest absolute Gasteiger partial charge is 0.468 e. The summed E-state index contributed by atoms with van der Waals surface area (Å²) in [6, 6.07) is 3.08. The maximum atomic E-state index is 11.3. The molecule has 1 aromatic heterocycles. The minimum absolute atomic E-state index is 0.111. The lowest BCUT2D eigenvalue weighted by molar-refractivity contribution is -0.141. The number of aromatic nitrogens is 1. The number of methoxy groups -OCH3 is 1. The van der Waals surface area contributed by atoms with Gasteiger partial charge in [0, 0.05) is 6.20 Å². The summed E-state index contributed by atoms with van der Waals surface area (Å²) in [5.74, 6) is -0.479. The zero-order valence-corrected chi connectivity index (χ0v) is 7.19. The van der Waals surface area contributed by atoms with Gasteiger partial charge in [-0.05, 0) is 12.1 Å². The van der Waals surface area contributed by atoms with Gasteiger partial charge in [-0.15, -0.1) is 0 Å². The van der Waals surface area contributed by atoms with Crippen LogP contribution in [0.4, 0.5) is 5.69 Å². The summed E-state index contributed by atoms with van der Waals surface area (Å²) in [7, 11) is 1.26. The Balaban J connectivity index is 2.96. The molecular formula is C8H10N2O3. The Bertz CT molecular complexity index is 370. The van der Waals surface area contributed by atoms with Crippen molar-refractivity contribution >= 4 is 11.7 Å². The summed E-state index contributed by atoms with van der Waals surface area (Å²) < 4.78 is 5.61. The zero-order valence-electron chi connectivity index (χ0n) is 7.19. The van der Waals surface area contributed by atoms with Crippen LogP contribution in [0.2, 0.25) is 0 Å². The molecule has 0 aliphatic carbocycles. The number of nitrogen functional groups attached to an aromatic ring is 1. The molecule has 0 aliphatic heterocycles. The summed E-state index contributed by atoms with van der Waals surface area (Å²) in [6.45, 7) is -0.111. The van der Waals surface area contributed by atoms with Crippen LogP contribution in [0.15, 0.2) is 23.1 Å². The molecule has 0 unspecified atom stereocenters. The number of nitrogens with zero attached hydrogens (tertiary/aromatic N) is 1. The van der Waals surface area contributed by atoms with E-state index >= 15 is 0 Å². The molecular weight excluding hydrogens is 172 g/mol. The van der Waals surface area contributed by atoms with E-state index in [0.29, 0.717) is 0 Å². The Morgan fingerprint density at radius 3 is 3.00 bits per heavy atom. The fourth-order valence-electron chi connectivity index (χ4n) is 0.884. The van der Waals surface area contributed by atoms with Crippen molar-refractivity contribution in [1.82, 2.24) is 4.57 Å². The molecule has 0 amide bonds. The molecule has 0 atom stereocenters. The molecule has 1 rings (SSSR count). The fourth-order valence-corrected chi connectivity index (χ4v) is 0.884. The molecule has 70 valence electrons. The molecule has 0 saturated carbocycles. The number of ether oxygens (including phenoxy) is 1. The van der Waals surface area contributed by atoms with Crippen molar-refractivity contribution in [1.29, 1.82) is 0 Å².